The van der Waals surface area contributed by atoms with Crippen LogP contribution in [0.15, 0.2) is 29.8 Å². The average Bonchev–Trinajstić information content (AvgIpc) is 2.12. The van der Waals surface area contributed by atoms with Crippen molar-refractivity contribution < 1.29 is 10.2 Å². The Balaban J connectivity index is 2.72. The molecule has 3 N–H and O–H groups in total. The lowest BCUT2D eigenvalue weighted by atomic mass is 10.1. The summed E-state index contributed by atoms with van der Waals surface area (Å²) in [7, 11) is 0. The molecule has 3 nitrogen and oxygen atoms in total. The van der Waals surface area contributed by atoms with Gasteiger partial charge in [0.15, 0.2) is 0 Å². The van der Waals surface area contributed by atoms with E-state index in [0.29, 0.717) is 11.6 Å². The van der Waals surface area contributed by atoms with E-state index in [4.69, 9.17) is 11.6 Å². The number of aromatic hydroxyl groups is 2. The summed E-state index contributed by atoms with van der Waals surface area (Å²) < 4.78 is 0. The van der Waals surface area contributed by atoms with E-state index in [0.717, 1.165) is 5.56 Å². The van der Waals surface area contributed by atoms with Crippen molar-refractivity contribution in [3.05, 3.63) is 35.4 Å². The molecule has 1 rings (SSSR count). The highest BCUT2D eigenvalue weighted by atomic mass is 35.5. The maximum Gasteiger partial charge on any atom is 0.119 e. The smallest absolute Gasteiger partial charge is 0.119 e. The van der Waals surface area contributed by atoms with Gasteiger partial charge in [-0.25, -0.2) is 0 Å². The van der Waals surface area contributed by atoms with E-state index < -0.39 is 0 Å². The van der Waals surface area contributed by atoms with Crippen LogP contribution in [0.4, 0.5) is 0 Å². The second kappa shape index (κ2) is 5.05. The first-order valence-electron chi connectivity index (χ1n) is 4.58. The zero-order valence-corrected chi connectivity index (χ0v) is 9.25. The van der Waals surface area contributed by atoms with Gasteiger partial charge in [-0.3, -0.25) is 0 Å². The van der Waals surface area contributed by atoms with Crippen LogP contribution in [0.1, 0.15) is 18.5 Å². The summed E-state index contributed by atoms with van der Waals surface area (Å²) in [5.41, 5.74) is 0.797. The number of hydrogen-bond acceptors (Lipinski definition) is 3. The Morgan fingerprint density at radius 2 is 1.93 bits per heavy atom. The number of phenolic OH excluding ortho intramolecular Hbond substituents is 2. The van der Waals surface area contributed by atoms with E-state index in [1.54, 1.807) is 12.1 Å². The molecule has 1 aromatic carbocycles. The molecule has 4 heteroatoms. The van der Waals surface area contributed by atoms with Crippen molar-refractivity contribution in [1.82, 2.24) is 5.32 Å². The molecule has 15 heavy (non-hydrogen) atoms. The lowest BCUT2D eigenvalue weighted by Gasteiger charge is -2.14. The van der Waals surface area contributed by atoms with Gasteiger partial charge in [-0.05, 0) is 24.6 Å². The fourth-order valence-electron chi connectivity index (χ4n) is 1.25. The first-order valence-corrected chi connectivity index (χ1v) is 4.96. The van der Waals surface area contributed by atoms with Gasteiger partial charge in [-0.2, -0.15) is 0 Å². The van der Waals surface area contributed by atoms with Crippen LogP contribution in [-0.4, -0.2) is 16.8 Å². The molecule has 0 aromatic heterocycles. The van der Waals surface area contributed by atoms with E-state index in [1.165, 1.54) is 6.07 Å². The molecular formula is C11H14ClNO2. The molecule has 0 fully saturated rings. The number of rotatable bonds is 4. The van der Waals surface area contributed by atoms with E-state index in [9.17, 15) is 10.2 Å². The van der Waals surface area contributed by atoms with Gasteiger partial charge in [0.1, 0.15) is 11.5 Å². The summed E-state index contributed by atoms with van der Waals surface area (Å²) in [6, 6.07) is 4.46. The molecule has 0 saturated heterocycles. The Hall–Kier alpha value is -1.19. The summed E-state index contributed by atoms with van der Waals surface area (Å²) >= 11 is 5.62. The van der Waals surface area contributed by atoms with E-state index in [1.807, 2.05) is 6.92 Å². The van der Waals surface area contributed by atoms with Crippen LogP contribution in [0, 0.1) is 0 Å². The molecule has 0 spiro atoms. The molecule has 0 aliphatic rings. The molecule has 82 valence electrons. The highest BCUT2D eigenvalue weighted by Gasteiger charge is 2.07. The minimum absolute atomic E-state index is 0.0153. The molecule has 0 bridgehead atoms. The normalized spacial score (nSPS) is 12.4. The Morgan fingerprint density at radius 1 is 1.40 bits per heavy atom. The van der Waals surface area contributed by atoms with Gasteiger partial charge in [-0.1, -0.05) is 18.2 Å². The predicted octanol–water partition coefficient (Wildman–Crippen LogP) is 2.50. The van der Waals surface area contributed by atoms with Crippen LogP contribution in [-0.2, 0) is 0 Å². The zero-order chi connectivity index (χ0) is 11.4. The van der Waals surface area contributed by atoms with Gasteiger partial charge in [0.2, 0.25) is 0 Å². The molecule has 1 unspecified atom stereocenters. The van der Waals surface area contributed by atoms with Gasteiger partial charge in [0.25, 0.3) is 0 Å². The Bertz CT molecular complexity index is 345. The Kier molecular flexibility index (Phi) is 4.00. The first kappa shape index (κ1) is 11.9. The molecule has 0 saturated carbocycles. The number of hydrogen-bond donors (Lipinski definition) is 3. The Morgan fingerprint density at radius 3 is 2.40 bits per heavy atom. The average molecular weight is 228 g/mol. The molecule has 0 aliphatic heterocycles. The highest BCUT2D eigenvalue weighted by Crippen LogP contribution is 2.24. The minimum Gasteiger partial charge on any atom is -0.508 e. The van der Waals surface area contributed by atoms with Crippen molar-refractivity contribution in [1.29, 1.82) is 0 Å². The van der Waals surface area contributed by atoms with Crippen LogP contribution in [0.3, 0.4) is 0 Å². The van der Waals surface area contributed by atoms with Gasteiger partial charge in [0, 0.05) is 23.7 Å². The molecular weight excluding hydrogens is 214 g/mol. The maximum absolute atomic E-state index is 9.29. The maximum atomic E-state index is 9.29. The van der Waals surface area contributed by atoms with E-state index >= 15 is 0 Å². The molecule has 0 heterocycles. The van der Waals surface area contributed by atoms with Crippen LogP contribution in [0.25, 0.3) is 0 Å². The molecule has 0 aliphatic carbocycles. The number of phenols is 2. The van der Waals surface area contributed by atoms with Gasteiger partial charge in [-0.15, -0.1) is 0 Å². The summed E-state index contributed by atoms with van der Waals surface area (Å²) in [4.78, 5) is 0. The summed E-state index contributed by atoms with van der Waals surface area (Å²) in [6.45, 7) is 5.96. The minimum atomic E-state index is -0.0153. The molecule has 1 atom stereocenters. The standard InChI is InChI=1S/C11H14ClNO2/c1-7(12)6-13-8(2)9-3-10(14)5-11(15)4-9/h3-5,8,13-15H,1,6H2,2H3. The quantitative estimate of drug-likeness (QED) is 0.741. The van der Waals surface area contributed by atoms with Gasteiger partial charge >= 0.3 is 0 Å². The predicted molar refractivity (Wildman–Crippen MR) is 61.2 cm³/mol. The second-order valence-electron chi connectivity index (χ2n) is 3.40. The van der Waals surface area contributed by atoms with Crippen molar-refractivity contribution in [2.45, 2.75) is 13.0 Å². The summed E-state index contributed by atoms with van der Waals surface area (Å²) in [5, 5.41) is 22.2. The number of halogens is 1. The molecule has 1 aromatic rings. The molecule has 0 amide bonds. The third kappa shape index (κ3) is 3.81. The van der Waals surface area contributed by atoms with Crippen LogP contribution < -0.4 is 5.32 Å². The van der Waals surface area contributed by atoms with Crippen molar-refractivity contribution in [2.24, 2.45) is 0 Å². The van der Waals surface area contributed by atoms with E-state index in [2.05, 4.69) is 11.9 Å². The van der Waals surface area contributed by atoms with Crippen molar-refractivity contribution in [2.75, 3.05) is 6.54 Å². The number of benzene rings is 1. The summed E-state index contributed by atoms with van der Waals surface area (Å²) in [6.07, 6.45) is 0. The van der Waals surface area contributed by atoms with Crippen LogP contribution in [0.5, 0.6) is 11.5 Å². The van der Waals surface area contributed by atoms with Crippen molar-refractivity contribution >= 4 is 11.6 Å². The lowest BCUT2D eigenvalue weighted by Crippen LogP contribution is -2.19. The van der Waals surface area contributed by atoms with Crippen LogP contribution in [0.2, 0.25) is 0 Å². The third-order valence-electron chi connectivity index (χ3n) is 2.02. The van der Waals surface area contributed by atoms with Crippen molar-refractivity contribution in [3.63, 3.8) is 0 Å². The van der Waals surface area contributed by atoms with Gasteiger partial charge < -0.3 is 15.5 Å². The van der Waals surface area contributed by atoms with Crippen molar-refractivity contribution in [3.8, 4) is 11.5 Å². The largest absolute Gasteiger partial charge is 0.508 e. The molecule has 0 radical (unpaired) electrons. The topological polar surface area (TPSA) is 52.5 Å². The third-order valence-corrected chi connectivity index (χ3v) is 2.16. The van der Waals surface area contributed by atoms with E-state index in [-0.39, 0.29) is 17.5 Å². The number of nitrogens with one attached hydrogen (secondary N) is 1. The van der Waals surface area contributed by atoms with Crippen LogP contribution >= 0.6 is 11.6 Å². The lowest BCUT2D eigenvalue weighted by molar-refractivity contribution is 0.446. The second-order valence-corrected chi connectivity index (χ2v) is 3.94. The SMILES string of the molecule is C=C(Cl)CNC(C)c1cc(O)cc(O)c1. The highest BCUT2D eigenvalue weighted by molar-refractivity contribution is 6.29. The van der Waals surface area contributed by atoms with Gasteiger partial charge in [0.05, 0.1) is 0 Å². The Labute approximate surface area is 94.0 Å². The fraction of sp³-hybridized carbons (Fsp3) is 0.273. The zero-order valence-electron chi connectivity index (χ0n) is 8.50. The fourth-order valence-corrected chi connectivity index (χ4v) is 1.33. The monoisotopic (exact) mass is 227 g/mol. The summed E-state index contributed by atoms with van der Waals surface area (Å²) in [5.74, 6) is 0.0895. The first-order chi connectivity index (χ1) is 6.99.